The molecule has 1 amide bonds. The van der Waals surface area contributed by atoms with Crippen molar-refractivity contribution in [3.63, 3.8) is 0 Å². The molecule has 3 rings (SSSR count). The van der Waals surface area contributed by atoms with Crippen molar-refractivity contribution < 1.29 is 22.7 Å². The van der Waals surface area contributed by atoms with Crippen molar-refractivity contribution in [1.82, 2.24) is 15.1 Å². The molecule has 2 fully saturated rings. The van der Waals surface area contributed by atoms with Gasteiger partial charge in [0.25, 0.3) is 0 Å². The highest BCUT2D eigenvalue weighted by Gasteiger charge is 2.58. The number of nitrogens with one attached hydrogen (secondary N) is 1. The Hall–Kier alpha value is -2.06. The topological polar surface area (TPSA) is 67.3 Å². The number of nitrogens with zero attached hydrogens (tertiary/aromatic N) is 3. The summed E-state index contributed by atoms with van der Waals surface area (Å²) in [6, 6.07) is 2.10. The molecule has 1 aromatic heterocycles. The lowest BCUT2D eigenvalue weighted by molar-refractivity contribution is -0.141. The monoisotopic (exact) mass is 358 g/mol. The number of hydrogen-bond acceptors (Lipinski definition) is 5. The van der Waals surface area contributed by atoms with Gasteiger partial charge in [0.1, 0.15) is 17.6 Å². The zero-order valence-corrected chi connectivity index (χ0v) is 14.4. The molecule has 2 heterocycles. The maximum Gasteiger partial charge on any atom is 0.435 e. The van der Waals surface area contributed by atoms with Crippen molar-refractivity contribution >= 4 is 11.9 Å². The second-order valence-corrected chi connectivity index (χ2v) is 7.67. The van der Waals surface area contributed by atoms with E-state index in [2.05, 4.69) is 15.5 Å². The van der Waals surface area contributed by atoms with Crippen molar-refractivity contribution in [2.24, 2.45) is 5.41 Å². The number of ether oxygens (including phenoxy) is 1. The first-order valence-electron chi connectivity index (χ1n) is 8.17. The fourth-order valence-corrected chi connectivity index (χ4v) is 3.22. The lowest BCUT2D eigenvalue weighted by Crippen LogP contribution is -2.72. The Morgan fingerprint density at radius 2 is 1.96 bits per heavy atom. The van der Waals surface area contributed by atoms with E-state index in [-0.39, 0.29) is 17.4 Å². The van der Waals surface area contributed by atoms with Gasteiger partial charge in [0, 0.05) is 12.0 Å². The third kappa shape index (κ3) is 3.50. The molecule has 6 nitrogen and oxygen atoms in total. The van der Waals surface area contributed by atoms with Gasteiger partial charge in [0.05, 0.1) is 0 Å². The number of halogens is 3. The van der Waals surface area contributed by atoms with E-state index >= 15 is 0 Å². The first kappa shape index (κ1) is 17.8. The number of hydrogen-bond donors (Lipinski definition) is 1. The molecule has 1 aliphatic carbocycles. The van der Waals surface area contributed by atoms with Crippen LogP contribution in [0.2, 0.25) is 0 Å². The van der Waals surface area contributed by atoms with Crippen LogP contribution in [0.4, 0.5) is 23.8 Å². The first-order valence-corrected chi connectivity index (χ1v) is 8.17. The average molecular weight is 358 g/mol. The van der Waals surface area contributed by atoms with Crippen LogP contribution in [0.3, 0.4) is 0 Å². The minimum atomic E-state index is -4.53. The Kier molecular flexibility index (Phi) is 4.08. The summed E-state index contributed by atoms with van der Waals surface area (Å²) in [4.78, 5) is 13.9. The average Bonchev–Trinajstić information content (AvgIpc) is 2.39. The zero-order valence-electron chi connectivity index (χ0n) is 14.4. The molecule has 1 atom stereocenters. The SMILES string of the molecule is CC(C)(C)OC(=O)N1CC2(CCC2)C1Nc1ccc(C(F)(F)F)nn1. The Labute approximate surface area is 143 Å². The van der Waals surface area contributed by atoms with Gasteiger partial charge in [-0.05, 0) is 45.7 Å². The molecule has 1 unspecified atom stereocenters. The van der Waals surface area contributed by atoms with E-state index in [4.69, 9.17) is 4.74 Å². The quantitative estimate of drug-likeness (QED) is 0.874. The number of carbonyl (C=O) groups excluding carboxylic acids is 1. The highest BCUT2D eigenvalue weighted by Crippen LogP contribution is 2.53. The van der Waals surface area contributed by atoms with Gasteiger partial charge in [-0.1, -0.05) is 6.42 Å². The van der Waals surface area contributed by atoms with Crippen molar-refractivity contribution in [2.75, 3.05) is 11.9 Å². The van der Waals surface area contributed by atoms with Crippen LogP contribution < -0.4 is 5.32 Å². The zero-order chi connectivity index (χ0) is 18.5. The summed E-state index contributed by atoms with van der Waals surface area (Å²) in [5.74, 6) is 0.206. The van der Waals surface area contributed by atoms with E-state index in [1.54, 1.807) is 25.7 Å². The molecule has 1 N–H and O–H groups in total. The first-order chi connectivity index (χ1) is 11.5. The van der Waals surface area contributed by atoms with Crippen molar-refractivity contribution in [2.45, 2.75) is 58.0 Å². The van der Waals surface area contributed by atoms with Crippen molar-refractivity contribution in [3.8, 4) is 0 Å². The maximum atomic E-state index is 12.6. The minimum absolute atomic E-state index is 0.0543. The van der Waals surface area contributed by atoms with Crippen molar-refractivity contribution in [1.29, 1.82) is 0 Å². The lowest BCUT2D eigenvalue weighted by atomic mass is 9.61. The van der Waals surface area contributed by atoms with Crippen LogP contribution in [0.5, 0.6) is 0 Å². The maximum absolute atomic E-state index is 12.6. The minimum Gasteiger partial charge on any atom is -0.444 e. The molecular formula is C16H21F3N4O2. The second kappa shape index (κ2) is 5.74. The van der Waals surface area contributed by atoms with Crippen LogP contribution in [0.1, 0.15) is 45.7 Å². The van der Waals surface area contributed by atoms with E-state index in [1.807, 2.05) is 0 Å². The van der Waals surface area contributed by atoms with E-state index in [9.17, 15) is 18.0 Å². The number of anilines is 1. The van der Waals surface area contributed by atoms with Crippen LogP contribution in [-0.2, 0) is 10.9 Å². The van der Waals surface area contributed by atoms with Crippen LogP contribution in [0, 0.1) is 5.41 Å². The molecule has 1 spiro atoms. The van der Waals surface area contributed by atoms with Crippen LogP contribution in [0.25, 0.3) is 0 Å². The van der Waals surface area contributed by atoms with E-state index < -0.39 is 23.6 Å². The van der Waals surface area contributed by atoms with Gasteiger partial charge in [-0.3, -0.25) is 4.90 Å². The number of carbonyl (C=O) groups is 1. The molecule has 1 saturated heterocycles. The Morgan fingerprint density at radius 1 is 1.28 bits per heavy atom. The predicted octanol–water partition coefficient (Wildman–Crippen LogP) is 3.65. The Bertz CT molecular complexity index is 651. The normalized spacial score (nSPS) is 22.2. The molecule has 0 aromatic carbocycles. The number of aromatic nitrogens is 2. The van der Waals surface area contributed by atoms with Gasteiger partial charge in [0.2, 0.25) is 0 Å². The number of amides is 1. The highest BCUT2D eigenvalue weighted by atomic mass is 19.4. The van der Waals surface area contributed by atoms with Gasteiger partial charge in [0.15, 0.2) is 5.69 Å². The van der Waals surface area contributed by atoms with Crippen molar-refractivity contribution in [3.05, 3.63) is 17.8 Å². The third-order valence-corrected chi connectivity index (χ3v) is 4.59. The third-order valence-electron chi connectivity index (χ3n) is 4.59. The summed E-state index contributed by atoms with van der Waals surface area (Å²) in [6.07, 6.45) is -2.33. The van der Waals surface area contributed by atoms with E-state index in [0.29, 0.717) is 6.54 Å². The molecule has 0 bridgehead atoms. The van der Waals surface area contributed by atoms with Gasteiger partial charge in [-0.15, -0.1) is 10.2 Å². The Balaban J connectivity index is 1.72. The molecule has 2 aliphatic rings. The summed E-state index contributed by atoms with van der Waals surface area (Å²) in [7, 11) is 0. The summed E-state index contributed by atoms with van der Waals surface area (Å²) in [5.41, 5.74) is -1.71. The summed E-state index contributed by atoms with van der Waals surface area (Å²) < 4.78 is 43.1. The molecule has 1 aliphatic heterocycles. The lowest BCUT2D eigenvalue weighted by Gasteiger charge is -2.61. The van der Waals surface area contributed by atoms with Gasteiger partial charge in [-0.2, -0.15) is 13.2 Å². The summed E-state index contributed by atoms with van der Waals surface area (Å²) in [5, 5.41) is 9.86. The smallest absolute Gasteiger partial charge is 0.435 e. The number of likely N-dealkylation sites (tertiary alicyclic amines) is 1. The molecular weight excluding hydrogens is 337 g/mol. The predicted molar refractivity (Wildman–Crippen MR) is 83.7 cm³/mol. The molecule has 0 radical (unpaired) electrons. The molecule has 138 valence electrons. The largest absolute Gasteiger partial charge is 0.444 e. The van der Waals surface area contributed by atoms with Gasteiger partial charge >= 0.3 is 12.3 Å². The Morgan fingerprint density at radius 3 is 2.40 bits per heavy atom. The van der Waals surface area contributed by atoms with Crippen LogP contribution >= 0.6 is 0 Å². The highest BCUT2D eigenvalue weighted by molar-refractivity contribution is 5.71. The fraction of sp³-hybridized carbons (Fsp3) is 0.688. The number of alkyl halides is 3. The standard InChI is InChI=1S/C16H21F3N4O2/c1-14(2,3)25-13(24)23-9-15(7-4-8-15)12(23)20-11-6-5-10(21-22-11)16(17,18)19/h5-6,12H,4,7-9H2,1-3H3,(H,20,22). The molecule has 1 aromatic rings. The fourth-order valence-electron chi connectivity index (χ4n) is 3.22. The molecule has 9 heteroatoms. The van der Waals surface area contributed by atoms with Crippen LogP contribution in [0.15, 0.2) is 12.1 Å². The second-order valence-electron chi connectivity index (χ2n) is 7.67. The molecule has 1 saturated carbocycles. The summed E-state index contributed by atoms with van der Waals surface area (Å²) in [6.45, 7) is 5.93. The molecule has 25 heavy (non-hydrogen) atoms. The van der Waals surface area contributed by atoms with E-state index in [0.717, 1.165) is 25.3 Å². The van der Waals surface area contributed by atoms with Gasteiger partial charge < -0.3 is 10.1 Å². The van der Waals surface area contributed by atoms with Gasteiger partial charge in [-0.25, -0.2) is 4.79 Å². The number of rotatable bonds is 2. The van der Waals surface area contributed by atoms with Crippen LogP contribution in [-0.4, -0.2) is 39.5 Å². The van der Waals surface area contributed by atoms with E-state index in [1.165, 1.54) is 6.07 Å². The summed E-state index contributed by atoms with van der Waals surface area (Å²) >= 11 is 0.